The first kappa shape index (κ1) is 34.9. The number of aliphatic imine (C=N–C) groups is 2. The number of aromatic hydroxyl groups is 1. The molecule has 1 heterocycles. The lowest BCUT2D eigenvalue weighted by Crippen LogP contribution is -2.14. The fraction of sp³-hybridized carbons (Fsp3) is 0.643. The monoisotopic (exact) mass is 499 g/mol. The molecular formula is C28H48F3N3O. The Morgan fingerprint density at radius 1 is 1.06 bits per heavy atom. The minimum atomic E-state index is -4.50. The fourth-order valence-corrected chi connectivity index (χ4v) is 2.95. The molecule has 1 aromatic rings. The molecule has 1 aliphatic rings. The van der Waals surface area contributed by atoms with E-state index in [9.17, 15) is 18.3 Å². The lowest BCUT2D eigenvalue weighted by atomic mass is 10.0. The molecule has 1 aromatic carbocycles. The maximum Gasteiger partial charge on any atom is 0.416 e. The SMILES string of the molecule is CC.CC1=NC(N)=CCN=C1c1ccc(C(F)(F)F)cc1O.CCC.CCCCCC[C@H](C)CC. The zero-order valence-electron chi connectivity index (χ0n) is 23.1. The molecular weight excluding hydrogens is 451 g/mol. The van der Waals surface area contributed by atoms with Crippen LogP contribution < -0.4 is 5.73 Å². The third-order valence-corrected chi connectivity index (χ3v) is 5.02. The van der Waals surface area contributed by atoms with Gasteiger partial charge in [0.15, 0.2) is 0 Å². The number of phenols is 1. The number of hydrogen-bond donors (Lipinski definition) is 2. The standard InChI is InChI=1S/C13H12F3N3O.C10H22.C3H8.C2H6/c1-7-12(18-5-4-11(17)19-7)9-3-2-8(6-10(9)20)13(14,15)16;1-4-6-7-8-9-10(3)5-2;1-3-2;1-2/h2-4,6,20H,5,17H2,1H3;10H,4-9H2,1-3H3;3H2,1-2H3;1-2H3/t;10-;;/m.1../s1. The second-order valence-corrected chi connectivity index (χ2v) is 8.32. The first-order valence-corrected chi connectivity index (χ1v) is 13.0. The maximum absolute atomic E-state index is 12.5. The molecule has 0 fully saturated rings. The number of unbranched alkanes of at least 4 members (excludes halogenated alkanes) is 3. The average Bonchev–Trinajstić information content (AvgIpc) is 2.98. The van der Waals surface area contributed by atoms with Gasteiger partial charge in [0.25, 0.3) is 0 Å². The van der Waals surface area contributed by atoms with Gasteiger partial charge in [0.1, 0.15) is 11.6 Å². The summed E-state index contributed by atoms with van der Waals surface area (Å²) in [6.07, 6.45) is 6.80. The van der Waals surface area contributed by atoms with Crippen LogP contribution >= 0.6 is 0 Å². The van der Waals surface area contributed by atoms with Crippen molar-refractivity contribution in [1.29, 1.82) is 0 Å². The van der Waals surface area contributed by atoms with Crippen LogP contribution in [0.1, 0.15) is 111 Å². The van der Waals surface area contributed by atoms with Crippen molar-refractivity contribution in [2.75, 3.05) is 6.54 Å². The Morgan fingerprint density at radius 3 is 2.14 bits per heavy atom. The van der Waals surface area contributed by atoms with Gasteiger partial charge in [-0.3, -0.25) is 4.99 Å². The van der Waals surface area contributed by atoms with Crippen LogP contribution in [-0.4, -0.2) is 23.1 Å². The van der Waals surface area contributed by atoms with Crippen molar-refractivity contribution in [3.63, 3.8) is 0 Å². The maximum atomic E-state index is 12.5. The Hall–Kier alpha value is -2.31. The third-order valence-electron chi connectivity index (χ3n) is 5.02. The van der Waals surface area contributed by atoms with Crippen molar-refractivity contribution in [3.05, 3.63) is 41.2 Å². The van der Waals surface area contributed by atoms with Crippen LogP contribution in [0.3, 0.4) is 0 Å². The number of phenolic OH excluding ortho intramolecular Hbond substituents is 1. The Labute approximate surface area is 211 Å². The molecule has 0 aliphatic carbocycles. The molecule has 2 rings (SSSR count). The van der Waals surface area contributed by atoms with Gasteiger partial charge < -0.3 is 10.8 Å². The lowest BCUT2D eigenvalue weighted by molar-refractivity contribution is -0.137. The first-order valence-electron chi connectivity index (χ1n) is 13.0. The lowest BCUT2D eigenvalue weighted by Gasteiger charge is -2.11. The smallest absolute Gasteiger partial charge is 0.416 e. The second-order valence-electron chi connectivity index (χ2n) is 8.32. The van der Waals surface area contributed by atoms with Crippen molar-refractivity contribution in [2.24, 2.45) is 21.6 Å². The van der Waals surface area contributed by atoms with E-state index in [0.717, 1.165) is 12.0 Å². The molecule has 202 valence electrons. The fourth-order valence-electron chi connectivity index (χ4n) is 2.95. The number of nitrogens with zero attached hydrogens (tertiary/aromatic N) is 2. The molecule has 0 radical (unpaired) electrons. The molecule has 0 unspecified atom stereocenters. The third kappa shape index (κ3) is 15.3. The Morgan fingerprint density at radius 2 is 1.66 bits per heavy atom. The van der Waals surface area contributed by atoms with E-state index in [1.54, 1.807) is 13.0 Å². The highest BCUT2D eigenvalue weighted by Crippen LogP contribution is 2.33. The van der Waals surface area contributed by atoms with E-state index in [-0.39, 0.29) is 17.9 Å². The summed E-state index contributed by atoms with van der Waals surface area (Å²) in [6, 6.07) is 2.75. The summed E-state index contributed by atoms with van der Waals surface area (Å²) >= 11 is 0. The largest absolute Gasteiger partial charge is 0.507 e. The summed E-state index contributed by atoms with van der Waals surface area (Å²) < 4.78 is 37.6. The molecule has 0 aromatic heterocycles. The number of benzene rings is 1. The molecule has 3 N–H and O–H groups in total. The van der Waals surface area contributed by atoms with Gasteiger partial charge in [-0.1, -0.05) is 93.4 Å². The highest BCUT2D eigenvalue weighted by Gasteiger charge is 2.31. The molecule has 0 amide bonds. The number of nitrogens with two attached hydrogens (primary N) is 1. The zero-order valence-corrected chi connectivity index (χ0v) is 23.1. The van der Waals surface area contributed by atoms with Crippen LogP contribution in [0.5, 0.6) is 5.75 Å². The second kappa shape index (κ2) is 19.9. The highest BCUT2D eigenvalue weighted by molar-refractivity contribution is 6.48. The Bertz CT molecular complexity index is 784. The van der Waals surface area contributed by atoms with Crippen LogP contribution in [0.2, 0.25) is 0 Å². The average molecular weight is 500 g/mol. The molecule has 0 bridgehead atoms. The van der Waals surface area contributed by atoms with Crippen LogP contribution in [-0.2, 0) is 6.18 Å². The summed E-state index contributed by atoms with van der Waals surface area (Å²) in [5.74, 6) is 0.748. The van der Waals surface area contributed by atoms with E-state index in [0.29, 0.717) is 17.5 Å². The van der Waals surface area contributed by atoms with Gasteiger partial charge in [0, 0.05) is 5.56 Å². The van der Waals surface area contributed by atoms with Gasteiger partial charge >= 0.3 is 6.18 Å². The van der Waals surface area contributed by atoms with Crippen molar-refractivity contribution >= 4 is 11.4 Å². The van der Waals surface area contributed by atoms with E-state index in [2.05, 4.69) is 44.6 Å². The normalized spacial score (nSPS) is 13.7. The van der Waals surface area contributed by atoms with Gasteiger partial charge in [-0.2, -0.15) is 13.2 Å². The van der Waals surface area contributed by atoms with Gasteiger partial charge in [-0.05, 0) is 37.1 Å². The quantitative estimate of drug-likeness (QED) is 0.368. The van der Waals surface area contributed by atoms with Crippen molar-refractivity contribution in [2.45, 2.75) is 107 Å². The van der Waals surface area contributed by atoms with E-state index in [1.807, 2.05) is 13.8 Å². The van der Waals surface area contributed by atoms with Crippen LogP contribution in [0.25, 0.3) is 0 Å². The molecule has 0 saturated heterocycles. The van der Waals surface area contributed by atoms with Gasteiger partial charge in [-0.25, -0.2) is 4.99 Å². The van der Waals surface area contributed by atoms with Gasteiger partial charge in [0.05, 0.1) is 23.5 Å². The Balaban J connectivity index is 0. The number of halogens is 3. The van der Waals surface area contributed by atoms with E-state index in [1.165, 1.54) is 51.0 Å². The number of rotatable bonds is 7. The molecule has 1 atom stereocenters. The van der Waals surface area contributed by atoms with E-state index in [4.69, 9.17) is 5.73 Å². The zero-order chi connectivity index (χ0) is 27.4. The summed E-state index contributed by atoms with van der Waals surface area (Å²) in [5, 5.41) is 9.80. The summed E-state index contributed by atoms with van der Waals surface area (Å²) in [4.78, 5) is 8.20. The molecule has 35 heavy (non-hydrogen) atoms. The number of alkyl halides is 3. The van der Waals surface area contributed by atoms with E-state index < -0.39 is 17.5 Å². The minimum Gasteiger partial charge on any atom is -0.507 e. The summed E-state index contributed by atoms with van der Waals surface area (Å²) in [5.41, 5.74) is 5.62. The molecule has 0 saturated carbocycles. The summed E-state index contributed by atoms with van der Waals surface area (Å²) in [7, 11) is 0. The highest BCUT2D eigenvalue weighted by atomic mass is 19.4. The van der Waals surface area contributed by atoms with Crippen molar-refractivity contribution in [3.8, 4) is 5.75 Å². The number of hydrogen-bond acceptors (Lipinski definition) is 4. The predicted molar refractivity (Wildman–Crippen MR) is 145 cm³/mol. The molecule has 1 aliphatic heterocycles. The summed E-state index contributed by atoms with van der Waals surface area (Å²) in [6.45, 7) is 17.0. The molecule has 4 nitrogen and oxygen atoms in total. The Kier molecular flexibility index (Phi) is 19.9. The van der Waals surface area contributed by atoms with Crippen molar-refractivity contribution < 1.29 is 18.3 Å². The molecule has 0 spiro atoms. The van der Waals surface area contributed by atoms with Crippen LogP contribution in [0.4, 0.5) is 13.2 Å². The molecule has 7 heteroatoms. The van der Waals surface area contributed by atoms with Crippen LogP contribution in [0.15, 0.2) is 40.1 Å². The topological polar surface area (TPSA) is 71.0 Å². The minimum absolute atomic E-state index is 0.197. The van der Waals surface area contributed by atoms with Gasteiger partial charge in [-0.15, -0.1) is 0 Å². The van der Waals surface area contributed by atoms with Crippen molar-refractivity contribution in [1.82, 2.24) is 0 Å². The van der Waals surface area contributed by atoms with Crippen LogP contribution in [0, 0.1) is 5.92 Å². The predicted octanol–water partition coefficient (Wildman–Crippen LogP) is 8.92. The van der Waals surface area contributed by atoms with E-state index >= 15 is 0 Å². The van der Waals surface area contributed by atoms with Gasteiger partial charge in [0.2, 0.25) is 0 Å². The first-order chi connectivity index (χ1) is 16.5.